The average molecular weight is 347 g/mol. The fourth-order valence-electron chi connectivity index (χ4n) is 2.22. The summed E-state index contributed by atoms with van der Waals surface area (Å²) in [4.78, 5) is 8.74. The van der Waals surface area contributed by atoms with Crippen molar-refractivity contribution in [1.82, 2.24) is 15.5 Å². The third-order valence-electron chi connectivity index (χ3n) is 3.38. The van der Waals surface area contributed by atoms with E-state index in [1.165, 1.54) is 0 Å². The number of rotatable bonds is 8. The number of benzene rings is 1. The van der Waals surface area contributed by atoms with E-state index in [0.29, 0.717) is 42.1 Å². The second-order valence-corrected chi connectivity index (χ2v) is 5.29. The number of hydrogen-bond donors (Lipinski definition) is 2. The zero-order valence-electron chi connectivity index (χ0n) is 15.1. The monoisotopic (exact) mass is 347 g/mol. The summed E-state index contributed by atoms with van der Waals surface area (Å²) >= 11 is 0. The van der Waals surface area contributed by atoms with Gasteiger partial charge in [0.15, 0.2) is 23.3 Å². The Morgan fingerprint density at radius 1 is 1.24 bits per heavy atom. The van der Waals surface area contributed by atoms with Crippen molar-refractivity contribution in [1.29, 1.82) is 0 Å². The molecule has 2 rings (SSSR count). The molecule has 0 radical (unpaired) electrons. The van der Waals surface area contributed by atoms with Crippen LogP contribution in [0, 0.1) is 6.92 Å². The van der Waals surface area contributed by atoms with Crippen LogP contribution in [0.3, 0.4) is 0 Å². The second-order valence-electron chi connectivity index (χ2n) is 5.29. The van der Waals surface area contributed by atoms with Crippen molar-refractivity contribution in [2.75, 3.05) is 32.6 Å². The van der Waals surface area contributed by atoms with E-state index in [1.54, 1.807) is 14.2 Å². The van der Waals surface area contributed by atoms with Crippen LogP contribution in [0.1, 0.15) is 25.1 Å². The Labute approximate surface area is 147 Å². The number of anilines is 1. The molecule has 2 N–H and O–H groups in total. The van der Waals surface area contributed by atoms with Gasteiger partial charge >= 0.3 is 0 Å². The molecule has 0 fully saturated rings. The third-order valence-corrected chi connectivity index (χ3v) is 3.38. The number of aliphatic imine (C=N–C) groups is 1. The standard InChI is InChI=1S/C17H25N5O3/c1-5-18-17(19-10-6-7-16-20-12(2)22-25-16)21-13-8-9-14(23-3)15(11-13)24-4/h8-9,11H,5-7,10H2,1-4H3,(H2,18,19,21). The lowest BCUT2D eigenvalue weighted by atomic mass is 10.2. The maximum Gasteiger partial charge on any atom is 0.226 e. The molecule has 136 valence electrons. The van der Waals surface area contributed by atoms with E-state index in [4.69, 9.17) is 14.0 Å². The molecule has 0 aliphatic rings. The van der Waals surface area contributed by atoms with Crippen LogP contribution in [0.4, 0.5) is 5.69 Å². The minimum absolute atomic E-state index is 0.643. The highest BCUT2D eigenvalue weighted by Crippen LogP contribution is 2.29. The third kappa shape index (κ3) is 5.66. The first-order valence-corrected chi connectivity index (χ1v) is 8.22. The molecule has 8 heteroatoms. The van der Waals surface area contributed by atoms with Crippen molar-refractivity contribution in [3.8, 4) is 11.5 Å². The van der Waals surface area contributed by atoms with Crippen molar-refractivity contribution < 1.29 is 14.0 Å². The van der Waals surface area contributed by atoms with Crippen LogP contribution in [-0.4, -0.2) is 43.4 Å². The van der Waals surface area contributed by atoms with Crippen molar-refractivity contribution in [2.45, 2.75) is 26.7 Å². The summed E-state index contributed by atoms with van der Waals surface area (Å²) in [5, 5.41) is 10.3. The Morgan fingerprint density at radius 3 is 2.68 bits per heavy atom. The molecule has 1 aromatic carbocycles. The Hall–Kier alpha value is -2.77. The summed E-state index contributed by atoms with van der Waals surface area (Å²) in [6.07, 6.45) is 1.53. The zero-order chi connectivity index (χ0) is 18.1. The van der Waals surface area contributed by atoms with Gasteiger partial charge in [0.2, 0.25) is 5.89 Å². The summed E-state index contributed by atoms with van der Waals surface area (Å²) in [7, 11) is 3.22. The molecule has 0 amide bonds. The number of aryl methyl sites for hydroxylation is 2. The zero-order valence-corrected chi connectivity index (χ0v) is 15.1. The predicted molar refractivity (Wildman–Crippen MR) is 96.5 cm³/mol. The van der Waals surface area contributed by atoms with Gasteiger partial charge in [0.05, 0.1) is 14.2 Å². The molecule has 1 heterocycles. The lowest BCUT2D eigenvalue weighted by Gasteiger charge is -2.13. The SMILES string of the molecule is CCNC(=NCCCc1nc(C)no1)Nc1ccc(OC)c(OC)c1. The molecule has 25 heavy (non-hydrogen) atoms. The fourth-order valence-corrected chi connectivity index (χ4v) is 2.22. The highest BCUT2D eigenvalue weighted by atomic mass is 16.5. The second kappa shape index (κ2) is 9.51. The Balaban J connectivity index is 1.94. The topological polar surface area (TPSA) is 93.8 Å². The normalized spacial score (nSPS) is 11.3. The largest absolute Gasteiger partial charge is 0.493 e. The molecular weight excluding hydrogens is 322 g/mol. The Kier molecular flexibility index (Phi) is 7.06. The number of ether oxygens (including phenoxy) is 2. The van der Waals surface area contributed by atoms with Gasteiger partial charge in [-0.2, -0.15) is 4.98 Å². The molecule has 0 bridgehead atoms. The van der Waals surface area contributed by atoms with Crippen molar-refractivity contribution in [3.05, 3.63) is 29.9 Å². The van der Waals surface area contributed by atoms with E-state index in [2.05, 4.69) is 25.8 Å². The highest BCUT2D eigenvalue weighted by molar-refractivity contribution is 5.93. The molecule has 2 aromatic rings. The smallest absolute Gasteiger partial charge is 0.226 e. The maximum atomic E-state index is 5.32. The summed E-state index contributed by atoms with van der Waals surface area (Å²) in [6.45, 7) is 5.24. The van der Waals surface area contributed by atoms with Gasteiger partial charge in [0.1, 0.15) is 0 Å². The highest BCUT2D eigenvalue weighted by Gasteiger charge is 2.06. The van der Waals surface area contributed by atoms with Crippen molar-refractivity contribution in [3.63, 3.8) is 0 Å². The number of nitrogens with zero attached hydrogens (tertiary/aromatic N) is 3. The van der Waals surface area contributed by atoms with Crippen LogP contribution in [0.15, 0.2) is 27.7 Å². The van der Waals surface area contributed by atoms with E-state index < -0.39 is 0 Å². The number of hydrogen-bond acceptors (Lipinski definition) is 6. The minimum Gasteiger partial charge on any atom is -0.493 e. The van der Waals surface area contributed by atoms with Gasteiger partial charge in [0.25, 0.3) is 0 Å². The van der Waals surface area contributed by atoms with Crippen LogP contribution >= 0.6 is 0 Å². The Morgan fingerprint density at radius 2 is 2.04 bits per heavy atom. The quantitative estimate of drug-likeness (QED) is 0.430. The Bertz CT molecular complexity index is 699. The van der Waals surface area contributed by atoms with E-state index in [0.717, 1.165) is 18.7 Å². The van der Waals surface area contributed by atoms with Crippen LogP contribution in [0.5, 0.6) is 11.5 Å². The van der Waals surface area contributed by atoms with Crippen LogP contribution in [0.2, 0.25) is 0 Å². The molecule has 0 saturated heterocycles. The predicted octanol–water partition coefficient (Wildman–Crippen LogP) is 2.41. The van der Waals surface area contributed by atoms with E-state index in [-0.39, 0.29) is 0 Å². The van der Waals surface area contributed by atoms with E-state index in [1.807, 2.05) is 32.0 Å². The molecular formula is C17H25N5O3. The molecule has 0 aliphatic heterocycles. The number of nitrogens with one attached hydrogen (secondary N) is 2. The van der Waals surface area contributed by atoms with Crippen molar-refractivity contribution in [2.24, 2.45) is 4.99 Å². The van der Waals surface area contributed by atoms with Crippen molar-refractivity contribution >= 4 is 11.6 Å². The number of guanidine groups is 1. The van der Waals surface area contributed by atoms with Gasteiger partial charge in [-0.3, -0.25) is 4.99 Å². The first kappa shape index (κ1) is 18.6. The van der Waals surface area contributed by atoms with Crippen LogP contribution in [0.25, 0.3) is 0 Å². The van der Waals surface area contributed by atoms with E-state index in [9.17, 15) is 0 Å². The minimum atomic E-state index is 0.643. The summed E-state index contributed by atoms with van der Waals surface area (Å²) in [6, 6.07) is 5.63. The lowest BCUT2D eigenvalue weighted by molar-refractivity contribution is 0.355. The molecule has 0 saturated carbocycles. The average Bonchev–Trinajstić information content (AvgIpc) is 3.04. The molecule has 0 unspecified atom stereocenters. The molecule has 0 aliphatic carbocycles. The molecule has 8 nitrogen and oxygen atoms in total. The number of methoxy groups -OCH3 is 2. The number of aromatic nitrogens is 2. The fraction of sp³-hybridized carbons (Fsp3) is 0.471. The summed E-state index contributed by atoms with van der Waals surface area (Å²) < 4.78 is 15.7. The van der Waals surface area contributed by atoms with Gasteiger partial charge in [-0.25, -0.2) is 0 Å². The first-order valence-electron chi connectivity index (χ1n) is 8.22. The van der Waals surface area contributed by atoms with E-state index >= 15 is 0 Å². The first-order chi connectivity index (χ1) is 12.2. The van der Waals surface area contributed by atoms with Gasteiger partial charge < -0.3 is 24.6 Å². The lowest BCUT2D eigenvalue weighted by Crippen LogP contribution is -2.30. The summed E-state index contributed by atoms with van der Waals surface area (Å²) in [5.41, 5.74) is 0.866. The van der Waals surface area contributed by atoms with Crippen LogP contribution in [-0.2, 0) is 6.42 Å². The maximum absolute atomic E-state index is 5.32. The van der Waals surface area contributed by atoms with Crippen LogP contribution < -0.4 is 20.1 Å². The molecule has 1 aromatic heterocycles. The summed E-state index contributed by atoms with van der Waals surface area (Å²) in [5.74, 6) is 3.35. The molecule has 0 spiro atoms. The van der Waals surface area contributed by atoms with Gasteiger partial charge in [0, 0.05) is 31.3 Å². The molecule has 0 atom stereocenters. The van der Waals surface area contributed by atoms with Gasteiger partial charge in [-0.05, 0) is 32.4 Å². The van der Waals surface area contributed by atoms with Gasteiger partial charge in [-0.1, -0.05) is 5.16 Å². The van der Waals surface area contributed by atoms with Gasteiger partial charge in [-0.15, -0.1) is 0 Å².